The number of carbonyl (C=O) groups excluding carboxylic acids is 3. The van der Waals surface area contributed by atoms with Gasteiger partial charge >= 0.3 is 18.0 Å². The fourth-order valence-electron chi connectivity index (χ4n) is 3.23. The molecule has 3 amide bonds. The molecule has 0 unspecified atom stereocenters. The first-order valence-corrected chi connectivity index (χ1v) is 9.95. The molecule has 0 bridgehead atoms. The quantitative estimate of drug-likeness (QED) is 0.231. The van der Waals surface area contributed by atoms with E-state index < -0.39 is 30.5 Å². The number of methoxy groups -OCH3 is 2. The molecular formula is C23H22N2O9. The summed E-state index contributed by atoms with van der Waals surface area (Å²) in [6.45, 7) is 2.94. The molecule has 0 saturated carbocycles. The van der Waals surface area contributed by atoms with E-state index in [-0.39, 0.29) is 35.3 Å². The fraction of sp³-hybridized carbons (Fsp3) is 0.217. The van der Waals surface area contributed by atoms with Gasteiger partial charge in [-0.3, -0.25) is 9.69 Å². The molecule has 1 aliphatic heterocycles. The van der Waals surface area contributed by atoms with Crippen molar-refractivity contribution in [3.8, 4) is 11.5 Å². The average molecular weight is 470 g/mol. The highest BCUT2D eigenvalue weighted by molar-refractivity contribution is 6.13. The Bertz CT molecular complexity index is 1180. The van der Waals surface area contributed by atoms with Crippen LogP contribution in [0.15, 0.2) is 47.0 Å². The zero-order valence-corrected chi connectivity index (χ0v) is 18.5. The van der Waals surface area contributed by atoms with E-state index in [1.165, 1.54) is 32.4 Å². The van der Waals surface area contributed by atoms with E-state index in [0.717, 1.165) is 4.90 Å². The fourth-order valence-corrected chi connectivity index (χ4v) is 3.23. The minimum atomic E-state index is -1.15. The van der Waals surface area contributed by atoms with Gasteiger partial charge in [-0.1, -0.05) is 6.08 Å². The standard InChI is InChI=1S/C23H22N2O9/c1-4-5-14-8-13(10-18(31-2)20(14)33-12-19(26)27)9-16-21(28)25(23(30)24-16)11-15-6-7-17(34-15)22(29)32-3/h4,6-10H,1,5,11-12H2,2-3H3,(H,24,30)(H,26,27)/b16-9-. The maximum Gasteiger partial charge on any atom is 0.373 e. The molecule has 34 heavy (non-hydrogen) atoms. The molecule has 11 heteroatoms. The van der Waals surface area contributed by atoms with Crippen molar-refractivity contribution in [3.63, 3.8) is 0 Å². The third-order valence-corrected chi connectivity index (χ3v) is 4.71. The molecule has 2 aromatic rings. The van der Waals surface area contributed by atoms with Crippen molar-refractivity contribution in [2.45, 2.75) is 13.0 Å². The van der Waals surface area contributed by atoms with Crippen LogP contribution in [0.5, 0.6) is 11.5 Å². The minimum Gasteiger partial charge on any atom is -0.493 e. The van der Waals surface area contributed by atoms with Crippen LogP contribution in [0.3, 0.4) is 0 Å². The van der Waals surface area contributed by atoms with Crippen molar-refractivity contribution in [3.05, 3.63) is 65.3 Å². The molecular weight excluding hydrogens is 448 g/mol. The molecule has 3 rings (SSSR count). The van der Waals surface area contributed by atoms with E-state index in [1.807, 2.05) is 0 Å². The topological polar surface area (TPSA) is 145 Å². The van der Waals surface area contributed by atoms with Crippen molar-refractivity contribution < 1.29 is 42.9 Å². The number of furan rings is 1. The van der Waals surface area contributed by atoms with E-state index in [2.05, 4.69) is 16.6 Å². The molecule has 1 aromatic heterocycles. The Kier molecular flexibility index (Phi) is 7.36. The van der Waals surface area contributed by atoms with Crippen molar-refractivity contribution in [1.82, 2.24) is 10.2 Å². The number of benzene rings is 1. The number of rotatable bonds is 10. The molecule has 1 saturated heterocycles. The number of nitrogens with one attached hydrogen (secondary N) is 1. The van der Waals surface area contributed by atoms with Gasteiger partial charge in [-0.05, 0) is 42.3 Å². The van der Waals surface area contributed by atoms with Crippen LogP contribution in [0, 0.1) is 0 Å². The van der Waals surface area contributed by atoms with Gasteiger partial charge in [0.2, 0.25) is 5.76 Å². The number of amides is 3. The molecule has 178 valence electrons. The van der Waals surface area contributed by atoms with E-state index in [1.54, 1.807) is 18.2 Å². The first-order valence-electron chi connectivity index (χ1n) is 9.95. The maximum absolute atomic E-state index is 12.8. The molecule has 0 atom stereocenters. The number of allylic oxidation sites excluding steroid dienone is 1. The number of ether oxygens (including phenoxy) is 3. The average Bonchev–Trinajstić information content (AvgIpc) is 3.38. The Morgan fingerprint density at radius 2 is 2.00 bits per heavy atom. The van der Waals surface area contributed by atoms with Gasteiger partial charge in [0, 0.05) is 5.56 Å². The van der Waals surface area contributed by atoms with Gasteiger partial charge in [0.25, 0.3) is 5.91 Å². The minimum absolute atomic E-state index is 0.00978. The Balaban J connectivity index is 1.86. The van der Waals surface area contributed by atoms with Gasteiger partial charge in [-0.25, -0.2) is 14.4 Å². The van der Waals surface area contributed by atoms with Gasteiger partial charge in [0.1, 0.15) is 11.5 Å². The van der Waals surface area contributed by atoms with Crippen molar-refractivity contribution in [2.24, 2.45) is 0 Å². The number of aliphatic carboxylic acids is 1. The van der Waals surface area contributed by atoms with Gasteiger partial charge in [-0.2, -0.15) is 0 Å². The second-order valence-electron chi connectivity index (χ2n) is 7.02. The zero-order chi connectivity index (χ0) is 24.8. The highest BCUT2D eigenvalue weighted by atomic mass is 16.5. The second kappa shape index (κ2) is 10.4. The van der Waals surface area contributed by atoms with Crippen LogP contribution in [-0.2, 0) is 27.3 Å². The summed E-state index contributed by atoms with van der Waals surface area (Å²) in [5.41, 5.74) is 1.10. The number of hydrogen-bond donors (Lipinski definition) is 2. The van der Waals surface area contributed by atoms with Gasteiger partial charge in [0.15, 0.2) is 18.1 Å². The van der Waals surface area contributed by atoms with E-state index in [9.17, 15) is 19.2 Å². The number of imide groups is 1. The third-order valence-electron chi connectivity index (χ3n) is 4.71. The van der Waals surface area contributed by atoms with Gasteiger partial charge < -0.3 is 29.1 Å². The molecule has 1 aromatic carbocycles. The molecule has 1 aliphatic rings. The second-order valence-corrected chi connectivity index (χ2v) is 7.02. The zero-order valence-electron chi connectivity index (χ0n) is 18.5. The van der Waals surface area contributed by atoms with Gasteiger partial charge in [-0.15, -0.1) is 6.58 Å². The monoisotopic (exact) mass is 470 g/mol. The normalized spacial score (nSPS) is 14.2. The van der Waals surface area contributed by atoms with Crippen LogP contribution >= 0.6 is 0 Å². The predicted molar refractivity (Wildman–Crippen MR) is 117 cm³/mol. The summed E-state index contributed by atoms with van der Waals surface area (Å²) in [5, 5.41) is 11.4. The lowest BCUT2D eigenvalue weighted by Gasteiger charge is -2.15. The number of nitrogens with zero attached hydrogens (tertiary/aromatic N) is 1. The number of carboxylic acids is 1. The van der Waals surface area contributed by atoms with Crippen LogP contribution in [0.2, 0.25) is 0 Å². The van der Waals surface area contributed by atoms with E-state index >= 15 is 0 Å². The molecule has 0 spiro atoms. The highest BCUT2D eigenvalue weighted by Gasteiger charge is 2.34. The Hall–Kier alpha value is -4.54. The summed E-state index contributed by atoms with van der Waals surface area (Å²) in [6.07, 6.45) is 3.41. The van der Waals surface area contributed by atoms with Crippen molar-refractivity contribution in [1.29, 1.82) is 0 Å². The Morgan fingerprint density at radius 3 is 2.65 bits per heavy atom. The lowest BCUT2D eigenvalue weighted by Crippen LogP contribution is -2.30. The van der Waals surface area contributed by atoms with Crippen LogP contribution in [0.25, 0.3) is 6.08 Å². The number of urea groups is 1. The molecule has 11 nitrogen and oxygen atoms in total. The lowest BCUT2D eigenvalue weighted by molar-refractivity contribution is -0.139. The maximum atomic E-state index is 12.8. The largest absolute Gasteiger partial charge is 0.493 e. The third kappa shape index (κ3) is 5.26. The molecule has 0 radical (unpaired) electrons. The summed E-state index contributed by atoms with van der Waals surface area (Å²) in [7, 11) is 2.60. The summed E-state index contributed by atoms with van der Waals surface area (Å²) in [5.74, 6) is -1.75. The van der Waals surface area contributed by atoms with Crippen LogP contribution in [0.1, 0.15) is 27.4 Å². The summed E-state index contributed by atoms with van der Waals surface area (Å²) in [6, 6.07) is 5.42. The first kappa shape index (κ1) is 24.1. The molecule has 0 aliphatic carbocycles. The summed E-state index contributed by atoms with van der Waals surface area (Å²) < 4.78 is 20.6. The lowest BCUT2D eigenvalue weighted by atomic mass is 10.0. The molecule has 1 fully saturated rings. The predicted octanol–water partition coefficient (Wildman–Crippen LogP) is 2.36. The Labute approximate surface area is 194 Å². The molecule has 2 heterocycles. The highest BCUT2D eigenvalue weighted by Crippen LogP contribution is 2.34. The van der Waals surface area contributed by atoms with Crippen LogP contribution in [-0.4, -0.2) is 54.7 Å². The number of esters is 1. The Morgan fingerprint density at radius 1 is 1.24 bits per heavy atom. The number of carbonyl (C=O) groups is 4. The summed E-state index contributed by atoms with van der Waals surface area (Å²) in [4.78, 5) is 48.6. The van der Waals surface area contributed by atoms with Crippen molar-refractivity contribution in [2.75, 3.05) is 20.8 Å². The van der Waals surface area contributed by atoms with E-state index in [4.69, 9.17) is 19.0 Å². The summed E-state index contributed by atoms with van der Waals surface area (Å²) >= 11 is 0. The van der Waals surface area contributed by atoms with E-state index in [0.29, 0.717) is 17.5 Å². The molecule has 2 N–H and O–H groups in total. The number of carboxylic acid groups (broad SMARTS) is 1. The van der Waals surface area contributed by atoms with Crippen LogP contribution < -0.4 is 14.8 Å². The van der Waals surface area contributed by atoms with Gasteiger partial charge in [0.05, 0.1) is 20.8 Å². The smallest absolute Gasteiger partial charge is 0.373 e. The van der Waals surface area contributed by atoms with Crippen molar-refractivity contribution >= 4 is 30.0 Å². The van der Waals surface area contributed by atoms with Crippen LogP contribution in [0.4, 0.5) is 4.79 Å². The number of hydrogen-bond acceptors (Lipinski definition) is 8. The first-order chi connectivity index (χ1) is 16.3. The SMILES string of the molecule is C=CCc1cc(/C=C2\NC(=O)N(Cc3ccc(C(=O)OC)o3)C2=O)cc(OC)c1OCC(=O)O.